The van der Waals surface area contributed by atoms with Gasteiger partial charge in [-0.15, -0.1) is 6.42 Å². The van der Waals surface area contributed by atoms with E-state index in [2.05, 4.69) is 20.8 Å². The summed E-state index contributed by atoms with van der Waals surface area (Å²) in [7, 11) is 1.62. The van der Waals surface area contributed by atoms with Gasteiger partial charge in [-0.3, -0.25) is 9.69 Å². The Bertz CT molecular complexity index is 1140. The maximum Gasteiger partial charge on any atom is 0.175 e. The van der Waals surface area contributed by atoms with Gasteiger partial charge in [0, 0.05) is 36.5 Å². The Kier molecular flexibility index (Phi) is 5.88. The van der Waals surface area contributed by atoms with E-state index in [1.54, 1.807) is 7.11 Å². The molecule has 0 atom stereocenters. The van der Waals surface area contributed by atoms with Crippen LogP contribution in [-0.4, -0.2) is 56.9 Å². The summed E-state index contributed by atoms with van der Waals surface area (Å²) >= 11 is 1.45. The number of Topliss-reactive ketones (excluding diaryl/α,β-unsaturated/α-hetero) is 1. The van der Waals surface area contributed by atoms with E-state index in [4.69, 9.17) is 21.9 Å². The minimum Gasteiger partial charge on any atom is -0.497 e. The molecule has 2 aromatic heterocycles. The van der Waals surface area contributed by atoms with Gasteiger partial charge in [0.2, 0.25) is 0 Å². The second kappa shape index (κ2) is 8.73. The van der Waals surface area contributed by atoms with Crippen LogP contribution in [-0.2, 0) is 11.3 Å². The second-order valence-corrected chi connectivity index (χ2v) is 8.01. The summed E-state index contributed by atoms with van der Waals surface area (Å²) in [6, 6.07) is 5.59. The molecule has 2 N–H and O–H groups in total. The van der Waals surface area contributed by atoms with E-state index in [0.717, 1.165) is 40.9 Å². The van der Waals surface area contributed by atoms with Gasteiger partial charge in [-0.25, -0.2) is 15.0 Å². The summed E-state index contributed by atoms with van der Waals surface area (Å²) in [5.74, 6) is 4.08. The number of benzene rings is 1. The molecule has 1 aromatic carbocycles. The second-order valence-electron chi connectivity index (χ2n) is 7.00. The van der Waals surface area contributed by atoms with Crippen LogP contribution in [0.4, 0.5) is 5.82 Å². The summed E-state index contributed by atoms with van der Waals surface area (Å²) in [4.78, 5) is 27.7. The van der Waals surface area contributed by atoms with E-state index >= 15 is 0 Å². The molecular formula is C21H22N6O2S. The average Bonchev–Trinajstić information content (AvgIpc) is 3.32. The van der Waals surface area contributed by atoms with Crippen molar-refractivity contribution in [1.82, 2.24) is 24.4 Å². The van der Waals surface area contributed by atoms with Crippen LogP contribution in [0.2, 0.25) is 0 Å². The third-order valence-corrected chi connectivity index (χ3v) is 6.09. The molecule has 0 spiro atoms. The van der Waals surface area contributed by atoms with Crippen LogP contribution in [0.15, 0.2) is 34.6 Å². The quantitative estimate of drug-likeness (QED) is 0.579. The summed E-state index contributed by atoms with van der Waals surface area (Å²) in [5.41, 5.74) is 8.06. The number of hydrogen-bond acceptors (Lipinski definition) is 8. The van der Waals surface area contributed by atoms with Crippen molar-refractivity contribution < 1.29 is 9.53 Å². The Hall–Kier alpha value is -3.09. The van der Waals surface area contributed by atoms with E-state index < -0.39 is 0 Å². The number of aromatic nitrogens is 4. The molecular weight excluding hydrogens is 400 g/mol. The minimum absolute atomic E-state index is 0.305. The largest absolute Gasteiger partial charge is 0.497 e. The van der Waals surface area contributed by atoms with Crippen LogP contribution in [0.3, 0.4) is 0 Å². The Labute approximate surface area is 178 Å². The highest BCUT2D eigenvalue weighted by atomic mass is 32.2. The van der Waals surface area contributed by atoms with Gasteiger partial charge in [0.05, 0.1) is 13.7 Å². The van der Waals surface area contributed by atoms with E-state index in [-0.39, 0.29) is 0 Å². The molecule has 4 rings (SSSR count). The molecule has 0 saturated carbocycles. The Morgan fingerprint density at radius 1 is 1.33 bits per heavy atom. The van der Waals surface area contributed by atoms with Crippen LogP contribution in [0, 0.1) is 12.3 Å². The number of rotatable bonds is 7. The van der Waals surface area contributed by atoms with Gasteiger partial charge < -0.3 is 15.0 Å². The standard InChI is InChI=1S/C21H22N6O2S/c1-3-14-5-6-16(29-2)11-17(14)30-21-25-18-19(22)23-13-24-20(18)27(21)9-4-8-26-10-7-15(28)12-26/h1,5-6,11,13H,4,7-10,12H2,2H3,(H2,22,23,24). The number of anilines is 1. The zero-order valence-corrected chi connectivity index (χ0v) is 17.5. The van der Waals surface area contributed by atoms with Gasteiger partial charge in [0.15, 0.2) is 22.1 Å². The molecule has 1 fully saturated rings. The zero-order valence-electron chi connectivity index (χ0n) is 16.7. The monoisotopic (exact) mass is 422 g/mol. The molecule has 0 bridgehead atoms. The predicted molar refractivity (Wildman–Crippen MR) is 115 cm³/mol. The first-order chi connectivity index (χ1) is 14.6. The van der Waals surface area contributed by atoms with Crippen molar-refractivity contribution in [2.45, 2.75) is 29.4 Å². The third kappa shape index (κ3) is 4.10. The molecule has 1 aliphatic heterocycles. The summed E-state index contributed by atoms with van der Waals surface area (Å²) < 4.78 is 7.38. The minimum atomic E-state index is 0.305. The lowest BCUT2D eigenvalue weighted by Gasteiger charge is -2.15. The van der Waals surface area contributed by atoms with Crippen molar-refractivity contribution in [1.29, 1.82) is 0 Å². The van der Waals surface area contributed by atoms with E-state index in [1.807, 2.05) is 22.8 Å². The summed E-state index contributed by atoms with van der Waals surface area (Å²) in [6.07, 6.45) is 8.63. The Morgan fingerprint density at radius 3 is 2.93 bits per heavy atom. The molecule has 0 amide bonds. The van der Waals surface area contributed by atoms with Gasteiger partial charge in [0.25, 0.3) is 0 Å². The number of fused-ring (bicyclic) bond motifs is 1. The van der Waals surface area contributed by atoms with Crippen molar-refractivity contribution in [3.05, 3.63) is 30.1 Å². The van der Waals surface area contributed by atoms with Gasteiger partial charge in [0.1, 0.15) is 17.9 Å². The van der Waals surface area contributed by atoms with Gasteiger partial charge >= 0.3 is 0 Å². The SMILES string of the molecule is C#Cc1ccc(OC)cc1Sc1nc2c(N)ncnc2n1CCCN1CCC(=O)C1. The number of carbonyl (C=O) groups excluding carboxylic acids is 1. The first-order valence-corrected chi connectivity index (χ1v) is 10.4. The van der Waals surface area contributed by atoms with Crippen LogP contribution in [0.5, 0.6) is 5.75 Å². The maximum absolute atomic E-state index is 11.5. The highest BCUT2D eigenvalue weighted by Crippen LogP contribution is 2.34. The molecule has 3 aromatic rings. The summed E-state index contributed by atoms with van der Waals surface area (Å²) in [6.45, 7) is 2.90. The molecule has 0 unspecified atom stereocenters. The van der Waals surface area contributed by atoms with Crippen LogP contribution in [0.25, 0.3) is 11.2 Å². The topological polar surface area (TPSA) is 99.2 Å². The molecule has 1 saturated heterocycles. The third-order valence-electron chi connectivity index (χ3n) is 5.03. The highest BCUT2D eigenvalue weighted by molar-refractivity contribution is 7.99. The van der Waals surface area contributed by atoms with Crippen LogP contribution in [0.1, 0.15) is 18.4 Å². The van der Waals surface area contributed by atoms with Crippen molar-refractivity contribution >= 4 is 34.5 Å². The smallest absolute Gasteiger partial charge is 0.175 e. The number of methoxy groups -OCH3 is 1. The number of likely N-dealkylation sites (tertiary alicyclic amines) is 1. The maximum atomic E-state index is 11.5. The van der Waals surface area contributed by atoms with E-state index in [0.29, 0.717) is 42.3 Å². The molecule has 9 heteroatoms. The molecule has 0 radical (unpaired) electrons. The van der Waals surface area contributed by atoms with Crippen molar-refractivity contribution in [2.24, 2.45) is 0 Å². The lowest BCUT2D eigenvalue weighted by molar-refractivity contribution is -0.116. The predicted octanol–water partition coefficient (Wildman–Crippen LogP) is 2.21. The fourth-order valence-electron chi connectivity index (χ4n) is 3.48. The van der Waals surface area contributed by atoms with Gasteiger partial charge in [-0.05, 0) is 24.6 Å². The number of aryl methyl sites for hydroxylation is 1. The molecule has 0 aliphatic carbocycles. The molecule has 1 aliphatic rings. The fourth-order valence-corrected chi connectivity index (χ4v) is 4.51. The molecule has 3 heterocycles. The number of terminal acetylenes is 1. The zero-order chi connectivity index (χ0) is 21.1. The van der Waals surface area contributed by atoms with Crippen LogP contribution < -0.4 is 10.5 Å². The first kappa shape index (κ1) is 20.2. The van der Waals surface area contributed by atoms with E-state index in [1.165, 1.54) is 18.1 Å². The molecule has 154 valence electrons. The number of nitrogens with zero attached hydrogens (tertiary/aromatic N) is 5. The van der Waals surface area contributed by atoms with E-state index in [9.17, 15) is 4.79 Å². The number of ketones is 1. The normalized spacial score (nSPS) is 14.3. The number of nitrogen functional groups attached to an aromatic ring is 1. The number of imidazole rings is 1. The molecule has 8 nitrogen and oxygen atoms in total. The Balaban J connectivity index is 1.64. The lowest BCUT2D eigenvalue weighted by atomic mass is 10.2. The number of hydrogen-bond donors (Lipinski definition) is 1. The number of carbonyl (C=O) groups is 1. The highest BCUT2D eigenvalue weighted by Gasteiger charge is 2.20. The summed E-state index contributed by atoms with van der Waals surface area (Å²) in [5, 5.41) is 0.736. The van der Waals surface area contributed by atoms with Gasteiger partial charge in [-0.1, -0.05) is 17.7 Å². The van der Waals surface area contributed by atoms with Crippen molar-refractivity contribution in [2.75, 3.05) is 32.5 Å². The van der Waals surface area contributed by atoms with Gasteiger partial charge in [-0.2, -0.15) is 0 Å². The van der Waals surface area contributed by atoms with Crippen molar-refractivity contribution in [3.63, 3.8) is 0 Å². The van der Waals surface area contributed by atoms with Crippen LogP contribution >= 0.6 is 11.8 Å². The molecule has 30 heavy (non-hydrogen) atoms. The lowest BCUT2D eigenvalue weighted by Crippen LogP contribution is -2.23. The van der Waals surface area contributed by atoms with Crippen molar-refractivity contribution in [3.8, 4) is 18.1 Å². The number of ether oxygens (including phenoxy) is 1. The average molecular weight is 423 g/mol. The number of nitrogens with two attached hydrogens (primary N) is 1. The Morgan fingerprint density at radius 2 is 2.20 bits per heavy atom. The first-order valence-electron chi connectivity index (χ1n) is 9.62. The fraction of sp³-hybridized carbons (Fsp3) is 0.333.